The minimum atomic E-state index is -1.19. The maximum atomic E-state index is 14.7. The zero-order valence-electron chi connectivity index (χ0n) is 23.6. The molecule has 7 rings (SSSR count). The first-order valence-electron chi connectivity index (χ1n) is 14.6. The van der Waals surface area contributed by atoms with E-state index >= 15 is 0 Å². The third-order valence-corrected chi connectivity index (χ3v) is 10.5. The van der Waals surface area contributed by atoms with Gasteiger partial charge in [-0.3, -0.25) is 0 Å². The van der Waals surface area contributed by atoms with Crippen LogP contribution in [-0.2, 0) is 23.6 Å². The first kappa shape index (κ1) is 27.5. The number of rotatable bonds is 9. The van der Waals surface area contributed by atoms with Gasteiger partial charge in [-0.05, 0) is 87.5 Å². The van der Waals surface area contributed by atoms with Crippen molar-refractivity contribution in [3.8, 4) is 5.75 Å². The number of aromatic nitrogens is 2. The molecule has 2 aromatic heterocycles. The molecule has 4 aromatic rings. The van der Waals surface area contributed by atoms with Gasteiger partial charge >= 0.3 is 5.97 Å². The van der Waals surface area contributed by atoms with Gasteiger partial charge in [0.1, 0.15) is 39.9 Å². The Hall–Kier alpha value is -3.34. The van der Waals surface area contributed by atoms with Crippen molar-refractivity contribution < 1.29 is 33.4 Å². The number of aryl methyl sites for hydroxylation is 2. The molecule has 0 aliphatic heterocycles. The van der Waals surface area contributed by atoms with Gasteiger partial charge in [0.05, 0.1) is 23.0 Å². The summed E-state index contributed by atoms with van der Waals surface area (Å²) in [6, 6.07) is 8.49. The van der Waals surface area contributed by atoms with E-state index < -0.39 is 17.4 Å². The van der Waals surface area contributed by atoms with Crippen molar-refractivity contribution in [3.63, 3.8) is 0 Å². The summed E-state index contributed by atoms with van der Waals surface area (Å²) in [4.78, 5) is 15.9. The molecule has 0 spiro atoms. The number of ether oxygens (including phenoxy) is 2. The summed E-state index contributed by atoms with van der Waals surface area (Å²) in [5.74, 6) is 0.0821. The molecule has 2 heterocycles. The average molecular weight is 593 g/mol. The highest BCUT2D eigenvalue weighted by Gasteiger charge is 2.56. The number of halogens is 1. The second-order valence-electron chi connectivity index (χ2n) is 12.1. The van der Waals surface area contributed by atoms with Crippen molar-refractivity contribution in [1.29, 1.82) is 0 Å². The molecular weight excluding hydrogens is 559 g/mol. The van der Waals surface area contributed by atoms with E-state index in [2.05, 4.69) is 10.1 Å². The first-order chi connectivity index (χ1) is 20.2. The Morgan fingerprint density at radius 1 is 1.12 bits per heavy atom. The number of carboxylic acid groups (broad SMARTS) is 1. The molecule has 3 saturated carbocycles. The van der Waals surface area contributed by atoms with Crippen molar-refractivity contribution in [2.75, 3.05) is 0 Å². The summed E-state index contributed by atoms with van der Waals surface area (Å²) in [5, 5.41) is 26.1. The fourth-order valence-electron chi connectivity index (χ4n) is 6.93. The third-order valence-electron chi connectivity index (χ3n) is 9.31. The highest BCUT2D eigenvalue weighted by atomic mass is 32.1. The Balaban J connectivity index is 1.07. The smallest absolute Gasteiger partial charge is 0.335 e. The average Bonchev–Trinajstić information content (AvgIpc) is 3.54. The zero-order valence-corrected chi connectivity index (χ0v) is 24.4. The summed E-state index contributed by atoms with van der Waals surface area (Å²) in [6.07, 6.45) is 5.08. The number of nitrogens with zero attached hydrogens (tertiary/aromatic N) is 2. The first-order valence-corrected chi connectivity index (χ1v) is 15.4. The number of fused-ring (bicyclic) bond motifs is 3. The fraction of sp³-hybridized carbons (Fsp3) is 0.469. The van der Waals surface area contributed by atoms with Crippen molar-refractivity contribution in [2.45, 2.75) is 83.2 Å². The van der Waals surface area contributed by atoms with Crippen molar-refractivity contribution in [1.82, 2.24) is 10.1 Å². The summed E-state index contributed by atoms with van der Waals surface area (Å²) >= 11 is 1.19. The molecule has 2 bridgehead atoms. The summed E-state index contributed by atoms with van der Waals surface area (Å²) in [5.41, 5.74) is 2.67. The number of hydrogen-bond donors (Lipinski definition) is 2. The van der Waals surface area contributed by atoms with Crippen LogP contribution in [0.2, 0.25) is 0 Å². The maximum Gasteiger partial charge on any atom is 0.335 e. The van der Waals surface area contributed by atoms with Crippen molar-refractivity contribution >= 4 is 27.5 Å². The van der Waals surface area contributed by atoms with Gasteiger partial charge in [0.2, 0.25) is 0 Å². The fourth-order valence-corrected chi connectivity index (χ4v) is 8.20. The van der Waals surface area contributed by atoms with Crippen LogP contribution in [-0.4, -0.2) is 32.4 Å². The van der Waals surface area contributed by atoms with E-state index in [-0.39, 0.29) is 29.0 Å². The van der Waals surface area contributed by atoms with Crippen LogP contribution >= 0.6 is 11.3 Å². The number of benzene rings is 2. The Morgan fingerprint density at radius 2 is 1.83 bits per heavy atom. The Bertz CT molecular complexity index is 1640. The predicted octanol–water partition coefficient (Wildman–Crippen LogP) is 6.79. The molecule has 0 amide bonds. The van der Waals surface area contributed by atoms with E-state index in [0.29, 0.717) is 41.7 Å². The molecule has 8 nitrogen and oxygen atoms in total. The third kappa shape index (κ3) is 4.69. The van der Waals surface area contributed by atoms with Gasteiger partial charge in [0.15, 0.2) is 5.82 Å². The molecule has 220 valence electrons. The molecule has 3 aliphatic carbocycles. The minimum absolute atomic E-state index is 0.0539. The standard InChI is InChI=1S/C32H33FN2O6S/c1-16-4-3-5-17(2)28(16)40-15-25-23(29(41-35-25)18-6-7-18)14-39-22-12-20-8-9-21(13-22)32(20,38)31-34-27-24(33)10-19(30(36)37)11-26(27)42-31/h3-5,10-11,18,20-22,38H,6-9,12-15H2,1-2H3,(H,36,37). The zero-order chi connectivity index (χ0) is 29.2. The summed E-state index contributed by atoms with van der Waals surface area (Å²) in [6.45, 7) is 4.73. The lowest BCUT2D eigenvalue weighted by Gasteiger charge is -2.41. The topological polar surface area (TPSA) is 115 Å². The molecule has 42 heavy (non-hydrogen) atoms. The highest BCUT2D eigenvalue weighted by molar-refractivity contribution is 7.18. The van der Waals surface area contributed by atoms with E-state index in [4.69, 9.17) is 14.0 Å². The van der Waals surface area contributed by atoms with Gasteiger partial charge in [0.25, 0.3) is 0 Å². The molecule has 2 aromatic carbocycles. The number of carbonyl (C=O) groups is 1. The Kier molecular flexibility index (Phi) is 6.83. The normalized spacial score (nSPS) is 25.3. The van der Waals surface area contributed by atoms with Gasteiger partial charge in [-0.2, -0.15) is 0 Å². The van der Waals surface area contributed by atoms with Gasteiger partial charge < -0.3 is 24.2 Å². The van der Waals surface area contributed by atoms with Crippen LogP contribution in [0.4, 0.5) is 4.39 Å². The van der Waals surface area contributed by atoms with Crippen LogP contribution in [0.1, 0.15) is 88.0 Å². The summed E-state index contributed by atoms with van der Waals surface area (Å²) < 4.78 is 33.6. The molecule has 0 radical (unpaired) electrons. The van der Waals surface area contributed by atoms with Gasteiger partial charge in [-0.25, -0.2) is 14.2 Å². The van der Waals surface area contributed by atoms with E-state index in [9.17, 15) is 19.4 Å². The van der Waals surface area contributed by atoms with E-state index in [1.807, 2.05) is 32.0 Å². The van der Waals surface area contributed by atoms with Crippen LogP contribution in [0, 0.1) is 31.5 Å². The Morgan fingerprint density at radius 3 is 2.50 bits per heavy atom. The number of aromatic carboxylic acids is 1. The van der Waals surface area contributed by atoms with Crippen molar-refractivity contribution in [3.05, 3.63) is 74.9 Å². The van der Waals surface area contributed by atoms with Gasteiger partial charge in [0, 0.05) is 11.5 Å². The molecule has 10 heteroatoms. The van der Waals surface area contributed by atoms with Gasteiger partial charge in [-0.15, -0.1) is 11.3 Å². The SMILES string of the molecule is Cc1cccc(C)c1OCc1noc(C2CC2)c1COC1CC2CCC(C1)C2(O)c1nc2c(F)cc(C(=O)O)cc2s1. The lowest BCUT2D eigenvalue weighted by molar-refractivity contribution is -0.116. The second kappa shape index (κ2) is 10.4. The highest BCUT2D eigenvalue weighted by Crippen LogP contribution is 2.57. The monoisotopic (exact) mass is 592 g/mol. The van der Waals surface area contributed by atoms with E-state index in [1.165, 1.54) is 17.4 Å². The Labute approximate surface area is 246 Å². The van der Waals surface area contributed by atoms with Crippen LogP contribution in [0.3, 0.4) is 0 Å². The second-order valence-corrected chi connectivity index (χ2v) is 13.1. The number of carboxylic acids is 1. The number of aliphatic hydroxyl groups is 1. The minimum Gasteiger partial charge on any atom is -0.487 e. The molecule has 2 unspecified atom stereocenters. The number of thiazole rings is 1. The lowest BCUT2D eigenvalue weighted by Crippen LogP contribution is -2.44. The number of para-hydroxylation sites is 1. The van der Waals surface area contributed by atoms with Crippen LogP contribution in [0.15, 0.2) is 34.9 Å². The van der Waals surface area contributed by atoms with Crippen LogP contribution in [0.25, 0.3) is 10.2 Å². The van der Waals surface area contributed by atoms with Crippen LogP contribution < -0.4 is 4.74 Å². The van der Waals surface area contributed by atoms with Crippen LogP contribution in [0.5, 0.6) is 5.75 Å². The largest absolute Gasteiger partial charge is 0.487 e. The molecule has 2 atom stereocenters. The quantitative estimate of drug-likeness (QED) is 0.218. The summed E-state index contributed by atoms with van der Waals surface area (Å²) in [7, 11) is 0. The molecule has 3 fully saturated rings. The lowest BCUT2D eigenvalue weighted by atomic mass is 9.73. The van der Waals surface area contributed by atoms with Gasteiger partial charge in [-0.1, -0.05) is 23.4 Å². The predicted molar refractivity (Wildman–Crippen MR) is 153 cm³/mol. The molecule has 3 aliphatic rings. The molecular formula is C32H33FN2O6S. The molecule has 0 saturated heterocycles. The number of hydrogen-bond acceptors (Lipinski definition) is 8. The maximum absolute atomic E-state index is 14.7. The van der Waals surface area contributed by atoms with E-state index in [0.717, 1.165) is 65.6 Å². The van der Waals surface area contributed by atoms with E-state index in [1.54, 1.807) is 0 Å². The van der Waals surface area contributed by atoms with Crippen molar-refractivity contribution in [2.24, 2.45) is 11.8 Å². The molecule has 2 N–H and O–H groups in total.